The Labute approximate surface area is 108 Å². The van der Waals surface area contributed by atoms with E-state index in [-0.39, 0.29) is 12.1 Å². The first-order valence-corrected chi connectivity index (χ1v) is 6.91. The molecule has 0 aromatic heterocycles. The second kappa shape index (κ2) is 4.90. The van der Waals surface area contributed by atoms with E-state index in [4.69, 9.17) is 15.2 Å². The second-order valence-electron chi connectivity index (χ2n) is 5.38. The van der Waals surface area contributed by atoms with E-state index in [1.165, 1.54) is 5.56 Å². The summed E-state index contributed by atoms with van der Waals surface area (Å²) in [4.78, 5) is 0. The topological polar surface area (TPSA) is 44.5 Å². The van der Waals surface area contributed by atoms with Crippen molar-refractivity contribution in [1.82, 2.24) is 0 Å². The molecule has 1 saturated heterocycles. The highest BCUT2D eigenvalue weighted by Crippen LogP contribution is 2.36. The Balaban J connectivity index is 1.87. The third-order valence-corrected chi connectivity index (χ3v) is 3.99. The molecule has 0 spiro atoms. The molecule has 1 fully saturated rings. The highest BCUT2D eigenvalue weighted by Gasteiger charge is 2.30. The Bertz CT molecular complexity index is 433. The van der Waals surface area contributed by atoms with Crippen molar-refractivity contribution < 1.29 is 9.47 Å². The van der Waals surface area contributed by atoms with Crippen molar-refractivity contribution in [2.75, 3.05) is 6.61 Å². The van der Waals surface area contributed by atoms with Crippen molar-refractivity contribution >= 4 is 0 Å². The summed E-state index contributed by atoms with van der Waals surface area (Å²) in [5, 5.41) is 0. The minimum atomic E-state index is -0.0667. The molecule has 3 rings (SSSR count). The number of hydrogen-bond donors (Lipinski definition) is 1. The van der Waals surface area contributed by atoms with Crippen molar-refractivity contribution in [3.8, 4) is 5.75 Å². The lowest BCUT2D eigenvalue weighted by Crippen LogP contribution is -2.27. The van der Waals surface area contributed by atoms with E-state index in [0.29, 0.717) is 6.10 Å². The lowest BCUT2D eigenvalue weighted by molar-refractivity contribution is 0.0394. The summed E-state index contributed by atoms with van der Waals surface area (Å²) in [6.45, 7) is 2.92. The number of benzene rings is 1. The molecule has 0 amide bonds. The number of rotatable bonds is 2. The van der Waals surface area contributed by atoms with Crippen LogP contribution in [0.2, 0.25) is 0 Å². The molecule has 18 heavy (non-hydrogen) atoms. The minimum absolute atomic E-state index is 0.0667. The average molecular weight is 247 g/mol. The van der Waals surface area contributed by atoms with E-state index in [0.717, 1.165) is 43.6 Å². The number of fused-ring (bicyclic) bond motifs is 1. The van der Waals surface area contributed by atoms with Crippen LogP contribution in [0, 0.1) is 0 Å². The normalized spacial score (nSPS) is 28.6. The van der Waals surface area contributed by atoms with Crippen LogP contribution in [0.25, 0.3) is 0 Å². The van der Waals surface area contributed by atoms with Gasteiger partial charge in [0.05, 0.1) is 24.9 Å². The predicted molar refractivity (Wildman–Crippen MR) is 70.8 cm³/mol. The molecule has 3 nitrogen and oxygen atoms in total. The lowest BCUT2D eigenvalue weighted by Gasteiger charge is -2.26. The van der Waals surface area contributed by atoms with Crippen molar-refractivity contribution in [3.63, 3.8) is 0 Å². The first kappa shape index (κ1) is 12.0. The molecule has 3 atom stereocenters. The number of nitrogens with two attached hydrogens (primary N) is 1. The van der Waals surface area contributed by atoms with E-state index in [1.807, 2.05) is 0 Å². The minimum Gasteiger partial charge on any atom is -0.493 e. The Hall–Kier alpha value is -1.06. The van der Waals surface area contributed by atoms with Gasteiger partial charge in [-0.3, -0.25) is 0 Å². The van der Waals surface area contributed by atoms with Gasteiger partial charge in [0.2, 0.25) is 0 Å². The molecule has 0 radical (unpaired) electrons. The van der Waals surface area contributed by atoms with E-state index in [2.05, 4.69) is 25.1 Å². The van der Waals surface area contributed by atoms with Gasteiger partial charge in [0, 0.05) is 5.56 Å². The summed E-state index contributed by atoms with van der Waals surface area (Å²) >= 11 is 0. The summed E-state index contributed by atoms with van der Waals surface area (Å²) in [5.74, 6) is 1.01. The maximum atomic E-state index is 6.38. The van der Waals surface area contributed by atoms with Gasteiger partial charge in [0.15, 0.2) is 0 Å². The quantitative estimate of drug-likeness (QED) is 0.873. The van der Waals surface area contributed by atoms with E-state index in [9.17, 15) is 0 Å². The van der Waals surface area contributed by atoms with Gasteiger partial charge in [-0.15, -0.1) is 0 Å². The smallest absolute Gasteiger partial charge is 0.127 e. The molecule has 2 heterocycles. The Morgan fingerprint density at radius 3 is 3.00 bits per heavy atom. The van der Waals surface area contributed by atoms with Gasteiger partial charge in [-0.1, -0.05) is 18.2 Å². The average Bonchev–Trinajstić information content (AvgIpc) is 2.84. The van der Waals surface area contributed by atoms with E-state index < -0.39 is 0 Å². The van der Waals surface area contributed by atoms with Crippen LogP contribution in [-0.4, -0.2) is 18.8 Å². The number of hydrogen-bond acceptors (Lipinski definition) is 3. The van der Waals surface area contributed by atoms with Crippen molar-refractivity contribution in [2.24, 2.45) is 5.73 Å². The molecular weight excluding hydrogens is 226 g/mol. The van der Waals surface area contributed by atoms with Crippen LogP contribution in [0.5, 0.6) is 5.75 Å². The molecule has 2 aliphatic heterocycles. The largest absolute Gasteiger partial charge is 0.493 e. The number of ether oxygens (including phenoxy) is 2. The molecule has 0 saturated carbocycles. The monoisotopic (exact) mass is 247 g/mol. The van der Waals surface area contributed by atoms with Crippen molar-refractivity contribution in [2.45, 2.75) is 50.9 Å². The van der Waals surface area contributed by atoms with Gasteiger partial charge in [0.1, 0.15) is 5.75 Å². The highest BCUT2D eigenvalue weighted by molar-refractivity contribution is 5.44. The molecule has 0 bridgehead atoms. The fourth-order valence-corrected chi connectivity index (χ4v) is 2.97. The molecule has 3 heteroatoms. The molecular formula is C15H21NO2. The maximum Gasteiger partial charge on any atom is 0.127 e. The third-order valence-electron chi connectivity index (χ3n) is 3.99. The first-order chi connectivity index (χ1) is 8.75. The molecule has 2 N–H and O–H groups in total. The number of aryl methyl sites for hydroxylation is 1. The summed E-state index contributed by atoms with van der Waals surface area (Å²) in [6, 6.07) is 6.24. The summed E-state index contributed by atoms with van der Waals surface area (Å²) in [5.41, 5.74) is 8.79. The first-order valence-electron chi connectivity index (χ1n) is 6.91. The molecule has 1 aromatic rings. The molecule has 98 valence electrons. The van der Waals surface area contributed by atoms with E-state index >= 15 is 0 Å². The Morgan fingerprint density at radius 2 is 2.22 bits per heavy atom. The number of para-hydroxylation sites is 1. The molecule has 2 aliphatic rings. The zero-order valence-electron chi connectivity index (χ0n) is 10.9. The van der Waals surface area contributed by atoms with Crippen LogP contribution >= 0.6 is 0 Å². The molecule has 1 aromatic carbocycles. The fourth-order valence-electron chi connectivity index (χ4n) is 2.97. The summed E-state index contributed by atoms with van der Waals surface area (Å²) in [7, 11) is 0. The van der Waals surface area contributed by atoms with Gasteiger partial charge >= 0.3 is 0 Å². The van der Waals surface area contributed by atoms with Gasteiger partial charge in [-0.2, -0.15) is 0 Å². The van der Waals surface area contributed by atoms with Gasteiger partial charge < -0.3 is 15.2 Å². The van der Waals surface area contributed by atoms with Crippen molar-refractivity contribution in [1.29, 1.82) is 0 Å². The summed E-state index contributed by atoms with van der Waals surface area (Å²) in [6.07, 6.45) is 4.82. The van der Waals surface area contributed by atoms with Gasteiger partial charge in [0.25, 0.3) is 0 Å². The Kier molecular flexibility index (Phi) is 3.27. The van der Waals surface area contributed by atoms with Crippen molar-refractivity contribution in [3.05, 3.63) is 29.3 Å². The summed E-state index contributed by atoms with van der Waals surface area (Å²) < 4.78 is 11.7. The lowest BCUT2D eigenvalue weighted by atomic mass is 9.94. The van der Waals surface area contributed by atoms with Crippen LogP contribution in [0.15, 0.2) is 18.2 Å². The molecule has 0 aliphatic carbocycles. The second-order valence-corrected chi connectivity index (χ2v) is 5.38. The highest BCUT2D eigenvalue weighted by atomic mass is 16.5. The zero-order chi connectivity index (χ0) is 12.5. The Morgan fingerprint density at radius 1 is 1.33 bits per heavy atom. The van der Waals surface area contributed by atoms with Crippen LogP contribution < -0.4 is 10.5 Å². The van der Waals surface area contributed by atoms with Crippen LogP contribution in [-0.2, 0) is 11.2 Å². The van der Waals surface area contributed by atoms with Crippen LogP contribution in [0.4, 0.5) is 0 Å². The fraction of sp³-hybridized carbons (Fsp3) is 0.600. The van der Waals surface area contributed by atoms with Crippen LogP contribution in [0.3, 0.4) is 0 Å². The SMILES string of the molecule is CC1CCC(C(N)c2cccc3c2OCCC3)O1. The third kappa shape index (κ3) is 2.13. The zero-order valence-corrected chi connectivity index (χ0v) is 10.9. The van der Waals surface area contributed by atoms with E-state index in [1.54, 1.807) is 0 Å². The predicted octanol–water partition coefficient (Wildman–Crippen LogP) is 2.58. The maximum absolute atomic E-state index is 6.38. The van der Waals surface area contributed by atoms with Gasteiger partial charge in [-0.25, -0.2) is 0 Å². The van der Waals surface area contributed by atoms with Crippen LogP contribution in [0.1, 0.15) is 43.4 Å². The van der Waals surface area contributed by atoms with Gasteiger partial charge in [-0.05, 0) is 38.2 Å². The molecule has 3 unspecified atom stereocenters. The standard InChI is InChI=1S/C15H21NO2/c1-10-7-8-13(18-10)14(16)12-6-2-4-11-5-3-9-17-15(11)12/h2,4,6,10,13-14H,3,5,7-9,16H2,1H3.